The summed E-state index contributed by atoms with van der Waals surface area (Å²) in [6, 6.07) is 13.3. The number of fused-ring (bicyclic) bond motifs is 1. The molecule has 0 aliphatic carbocycles. The lowest BCUT2D eigenvalue weighted by Gasteiger charge is -2.23. The van der Waals surface area contributed by atoms with Gasteiger partial charge in [0.05, 0.1) is 0 Å². The van der Waals surface area contributed by atoms with Crippen LogP contribution in [0.4, 0.5) is 0 Å². The molecule has 0 amide bonds. The van der Waals surface area contributed by atoms with E-state index in [-0.39, 0.29) is 0 Å². The van der Waals surface area contributed by atoms with E-state index in [1.54, 1.807) is 4.90 Å². The number of carbonyl (C=O) groups excluding carboxylic acids is 1. The largest absolute Gasteiger partial charge is 0.372 e. The van der Waals surface area contributed by atoms with Gasteiger partial charge in [0.1, 0.15) is 6.04 Å². The van der Waals surface area contributed by atoms with E-state index in [2.05, 4.69) is 4.84 Å². The molecular formula is C14H16N2O2. The second kappa shape index (κ2) is 5.16. The molecule has 4 nitrogen and oxygen atoms in total. The van der Waals surface area contributed by atoms with Crippen LogP contribution in [-0.4, -0.2) is 25.0 Å². The molecule has 0 aromatic heterocycles. The number of hydrogen-bond acceptors (Lipinski definition) is 4. The summed E-state index contributed by atoms with van der Waals surface area (Å²) in [6.45, 7) is 0. The second-order valence-corrected chi connectivity index (χ2v) is 4.37. The van der Waals surface area contributed by atoms with Crippen molar-refractivity contribution in [2.24, 2.45) is 5.90 Å². The van der Waals surface area contributed by atoms with Gasteiger partial charge in [-0.1, -0.05) is 42.5 Å². The summed E-state index contributed by atoms with van der Waals surface area (Å²) in [5.41, 5.74) is 0.897. The van der Waals surface area contributed by atoms with Crippen LogP contribution in [0.5, 0.6) is 0 Å². The Bertz CT molecular complexity index is 561. The van der Waals surface area contributed by atoms with Crippen molar-refractivity contribution >= 4 is 16.7 Å². The maximum atomic E-state index is 11.8. The summed E-state index contributed by atoms with van der Waals surface area (Å²) < 4.78 is 0. The minimum absolute atomic E-state index is 0.462. The summed E-state index contributed by atoms with van der Waals surface area (Å²) in [5.74, 6) is 4.55. The van der Waals surface area contributed by atoms with Gasteiger partial charge >= 0.3 is 5.97 Å². The summed E-state index contributed by atoms with van der Waals surface area (Å²) >= 11 is 0. The fourth-order valence-electron chi connectivity index (χ4n) is 2.17. The van der Waals surface area contributed by atoms with E-state index >= 15 is 0 Å². The monoisotopic (exact) mass is 244 g/mol. The van der Waals surface area contributed by atoms with Crippen LogP contribution in [0.3, 0.4) is 0 Å². The first kappa shape index (κ1) is 12.5. The maximum Gasteiger partial charge on any atom is 0.346 e. The Labute approximate surface area is 106 Å². The molecule has 0 bridgehead atoms. The summed E-state index contributed by atoms with van der Waals surface area (Å²) in [6.07, 6.45) is 0. The lowest BCUT2D eigenvalue weighted by atomic mass is 9.98. The lowest BCUT2D eigenvalue weighted by molar-refractivity contribution is -0.149. The van der Waals surface area contributed by atoms with Crippen LogP contribution in [-0.2, 0) is 9.63 Å². The molecule has 2 aromatic rings. The fraction of sp³-hybridized carbons (Fsp3) is 0.214. The summed E-state index contributed by atoms with van der Waals surface area (Å²) in [4.78, 5) is 18.0. The first-order valence-electron chi connectivity index (χ1n) is 5.70. The van der Waals surface area contributed by atoms with Crippen molar-refractivity contribution in [2.75, 3.05) is 14.1 Å². The van der Waals surface area contributed by atoms with Crippen molar-refractivity contribution in [1.82, 2.24) is 4.90 Å². The van der Waals surface area contributed by atoms with Gasteiger partial charge in [0.15, 0.2) is 0 Å². The average molecular weight is 244 g/mol. The number of carbonyl (C=O) groups is 1. The molecule has 0 spiro atoms. The zero-order chi connectivity index (χ0) is 13.1. The number of hydrogen-bond donors (Lipinski definition) is 1. The molecule has 0 radical (unpaired) electrons. The average Bonchev–Trinajstić information content (AvgIpc) is 2.38. The minimum atomic E-state index is -0.499. The van der Waals surface area contributed by atoms with Crippen LogP contribution in [0.1, 0.15) is 11.6 Å². The van der Waals surface area contributed by atoms with E-state index in [4.69, 9.17) is 5.90 Å². The third kappa shape index (κ3) is 2.20. The van der Waals surface area contributed by atoms with Gasteiger partial charge in [-0.2, -0.15) is 5.90 Å². The molecule has 94 valence electrons. The van der Waals surface area contributed by atoms with Gasteiger partial charge in [0.25, 0.3) is 0 Å². The standard InChI is InChI=1S/C14H16N2O2/c1-16(2)13(14(17)18-15)12-9-5-7-10-6-3-4-8-11(10)12/h3-9,13H,15H2,1-2H3. The highest BCUT2D eigenvalue weighted by molar-refractivity contribution is 5.90. The number of nitrogens with zero attached hydrogens (tertiary/aromatic N) is 1. The van der Waals surface area contributed by atoms with Crippen molar-refractivity contribution < 1.29 is 9.63 Å². The van der Waals surface area contributed by atoms with Gasteiger partial charge in [-0.25, -0.2) is 4.79 Å². The van der Waals surface area contributed by atoms with E-state index in [0.29, 0.717) is 0 Å². The second-order valence-electron chi connectivity index (χ2n) is 4.37. The Balaban J connectivity index is 2.61. The fourth-order valence-corrected chi connectivity index (χ4v) is 2.17. The molecule has 18 heavy (non-hydrogen) atoms. The smallest absolute Gasteiger partial charge is 0.346 e. The molecule has 0 saturated carbocycles. The Hall–Kier alpha value is -1.91. The quantitative estimate of drug-likeness (QED) is 0.837. The van der Waals surface area contributed by atoms with Crippen LogP contribution in [0.25, 0.3) is 10.8 Å². The Morgan fingerprint density at radius 2 is 1.83 bits per heavy atom. The topological polar surface area (TPSA) is 55.6 Å². The molecule has 0 heterocycles. The highest BCUT2D eigenvalue weighted by atomic mass is 16.7. The van der Waals surface area contributed by atoms with Crippen LogP contribution >= 0.6 is 0 Å². The first-order chi connectivity index (χ1) is 8.65. The SMILES string of the molecule is CN(C)C(C(=O)ON)c1cccc2ccccc12. The number of rotatable bonds is 3. The predicted octanol–water partition coefficient (Wildman–Crippen LogP) is 1.86. The Kier molecular flexibility index (Phi) is 3.60. The van der Waals surface area contributed by atoms with Crippen molar-refractivity contribution in [3.8, 4) is 0 Å². The van der Waals surface area contributed by atoms with Crippen molar-refractivity contribution in [3.63, 3.8) is 0 Å². The Morgan fingerprint density at radius 1 is 1.17 bits per heavy atom. The maximum absolute atomic E-state index is 11.8. The molecule has 0 fully saturated rings. The molecule has 1 unspecified atom stereocenters. The molecule has 0 saturated heterocycles. The molecule has 2 N–H and O–H groups in total. The molecule has 2 aromatic carbocycles. The van der Waals surface area contributed by atoms with E-state index in [9.17, 15) is 4.79 Å². The minimum Gasteiger partial charge on any atom is -0.372 e. The van der Waals surface area contributed by atoms with Crippen molar-refractivity contribution in [2.45, 2.75) is 6.04 Å². The summed E-state index contributed by atoms with van der Waals surface area (Å²) in [5, 5.41) is 2.12. The predicted molar refractivity (Wildman–Crippen MR) is 70.7 cm³/mol. The lowest BCUT2D eigenvalue weighted by Crippen LogP contribution is -2.31. The third-order valence-electron chi connectivity index (χ3n) is 2.97. The Morgan fingerprint density at radius 3 is 2.50 bits per heavy atom. The van der Waals surface area contributed by atoms with Gasteiger partial charge in [0.2, 0.25) is 0 Å². The normalized spacial score (nSPS) is 12.7. The molecule has 0 aliphatic heterocycles. The van der Waals surface area contributed by atoms with Gasteiger partial charge in [-0.15, -0.1) is 0 Å². The van der Waals surface area contributed by atoms with Gasteiger partial charge in [-0.05, 0) is 30.4 Å². The van der Waals surface area contributed by atoms with Crippen LogP contribution < -0.4 is 5.90 Å². The zero-order valence-corrected chi connectivity index (χ0v) is 10.5. The van der Waals surface area contributed by atoms with E-state index in [1.807, 2.05) is 56.6 Å². The highest BCUT2D eigenvalue weighted by Crippen LogP contribution is 2.27. The van der Waals surface area contributed by atoms with Crippen LogP contribution in [0.2, 0.25) is 0 Å². The molecule has 2 rings (SSSR count). The van der Waals surface area contributed by atoms with Crippen molar-refractivity contribution in [1.29, 1.82) is 0 Å². The van der Waals surface area contributed by atoms with Crippen molar-refractivity contribution in [3.05, 3.63) is 48.0 Å². The first-order valence-corrected chi connectivity index (χ1v) is 5.70. The van der Waals surface area contributed by atoms with Crippen LogP contribution in [0, 0.1) is 0 Å². The van der Waals surface area contributed by atoms with Gasteiger partial charge in [-0.3, -0.25) is 4.90 Å². The van der Waals surface area contributed by atoms with E-state index in [1.165, 1.54) is 0 Å². The van der Waals surface area contributed by atoms with E-state index in [0.717, 1.165) is 16.3 Å². The molecule has 0 aliphatic rings. The molecular weight excluding hydrogens is 228 g/mol. The van der Waals surface area contributed by atoms with Crippen LogP contribution in [0.15, 0.2) is 42.5 Å². The summed E-state index contributed by atoms with van der Waals surface area (Å²) in [7, 11) is 3.65. The van der Waals surface area contributed by atoms with Gasteiger partial charge < -0.3 is 4.84 Å². The number of likely N-dealkylation sites (N-methyl/N-ethyl adjacent to an activating group) is 1. The zero-order valence-electron chi connectivity index (χ0n) is 10.5. The molecule has 4 heteroatoms. The molecule has 1 atom stereocenters. The van der Waals surface area contributed by atoms with E-state index < -0.39 is 12.0 Å². The highest BCUT2D eigenvalue weighted by Gasteiger charge is 2.25. The third-order valence-corrected chi connectivity index (χ3v) is 2.97. The number of benzene rings is 2. The van der Waals surface area contributed by atoms with Gasteiger partial charge in [0, 0.05) is 0 Å². The number of nitrogens with two attached hydrogens (primary N) is 1.